The topological polar surface area (TPSA) is 36.9 Å². The average molecular weight is 473 g/mol. The van der Waals surface area contributed by atoms with Crippen LogP contribution in [0.4, 0.5) is 0 Å². The summed E-state index contributed by atoms with van der Waals surface area (Å²) in [6.45, 7) is 24.0. The molecule has 0 rings (SSSR count). The molecule has 1 atom stereocenters. The summed E-state index contributed by atoms with van der Waals surface area (Å²) in [4.78, 5) is 0. The van der Waals surface area contributed by atoms with Crippen molar-refractivity contribution < 1.29 is 17.1 Å². The lowest BCUT2D eigenvalue weighted by Gasteiger charge is -2.41. The van der Waals surface area contributed by atoms with Crippen molar-refractivity contribution in [1.29, 1.82) is 0 Å². The highest BCUT2D eigenvalue weighted by Crippen LogP contribution is 2.28. The highest BCUT2D eigenvalue weighted by molar-refractivity contribution is 6.89. The van der Waals surface area contributed by atoms with Gasteiger partial charge in [-0.3, -0.25) is 0 Å². The highest BCUT2D eigenvalue weighted by Gasteiger charge is 2.43. The number of hydrogen-bond acceptors (Lipinski definition) is 4. The molecule has 176 valence electrons. The minimum Gasteiger partial charge on any atom is -0.437 e. The normalized spacial score (nSPS) is 14.4. The zero-order valence-corrected chi connectivity index (χ0v) is 22.6. The van der Waals surface area contributed by atoms with Gasteiger partial charge in [0.05, 0.1) is 0 Å². The third-order valence-electron chi connectivity index (χ3n) is 3.30. The van der Waals surface area contributed by atoms with Crippen LogP contribution in [0.3, 0.4) is 0 Å². The molecule has 0 aliphatic heterocycles. The van der Waals surface area contributed by atoms with E-state index >= 15 is 0 Å². The quantitative estimate of drug-likeness (QED) is 0.189. The number of ether oxygens (including phenoxy) is 1. The Hall–Kier alpha value is 0.708. The van der Waals surface area contributed by atoms with E-state index in [1.165, 1.54) is 6.42 Å². The van der Waals surface area contributed by atoms with Crippen LogP contribution < -0.4 is 0 Å². The molecule has 0 amide bonds. The van der Waals surface area contributed by atoms with Gasteiger partial charge in [-0.05, 0) is 77.8 Å². The van der Waals surface area contributed by atoms with Crippen molar-refractivity contribution in [3.05, 3.63) is 0 Å². The van der Waals surface area contributed by atoms with Crippen LogP contribution in [0.15, 0.2) is 0 Å². The Labute approximate surface area is 183 Å². The fourth-order valence-electron chi connectivity index (χ4n) is 3.12. The Morgan fingerprint density at radius 1 is 0.571 bits per heavy atom. The van der Waals surface area contributed by atoms with Crippen LogP contribution in [0.5, 0.6) is 0 Å². The molecule has 0 heterocycles. The summed E-state index contributed by atoms with van der Waals surface area (Å²) in [5, 5.41) is 0. The maximum Gasteiger partial charge on any atom is 0.315 e. The van der Waals surface area contributed by atoms with Gasteiger partial charge < -0.3 is 17.1 Å². The molecule has 0 aliphatic rings. The number of unbranched alkanes of at least 4 members (excludes halogenated alkanes) is 2. The Balaban J connectivity index is -0.000000960. The van der Waals surface area contributed by atoms with E-state index < -0.39 is 33.8 Å². The summed E-state index contributed by atoms with van der Waals surface area (Å²) in [5.74, 6) is 0. The first-order valence-electron chi connectivity index (χ1n) is 9.86. The predicted molar refractivity (Wildman–Crippen MR) is 139 cm³/mol. The first-order chi connectivity index (χ1) is 11.2. The van der Waals surface area contributed by atoms with Gasteiger partial charge in [-0.2, -0.15) is 0 Å². The lowest BCUT2D eigenvalue weighted by Crippen LogP contribution is -2.56. The van der Waals surface area contributed by atoms with Gasteiger partial charge in [0.2, 0.25) is 0 Å². The van der Waals surface area contributed by atoms with Crippen molar-refractivity contribution in [2.75, 3.05) is 13.2 Å². The smallest absolute Gasteiger partial charge is 0.315 e. The predicted octanol–water partition coefficient (Wildman–Crippen LogP) is 7.99. The molecule has 0 aromatic heterocycles. The molecule has 0 aliphatic carbocycles. The SMILES string of the molecule is C.C.C.CCCOCCCCC[Si](C)(O[Si](C)(C)C)O[Si](C)(C)O[Si](C)(C)C. The Bertz CT molecular complexity index is 368. The second-order valence-electron chi connectivity index (χ2n) is 9.49. The first-order valence-corrected chi connectivity index (χ1v) is 22.0. The Kier molecular flexibility index (Phi) is 20.0. The van der Waals surface area contributed by atoms with Crippen molar-refractivity contribution in [1.82, 2.24) is 0 Å². The van der Waals surface area contributed by atoms with Gasteiger partial charge in [-0.25, -0.2) is 0 Å². The van der Waals surface area contributed by atoms with Gasteiger partial charge in [-0.1, -0.05) is 42.0 Å². The van der Waals surface area contributed by atoms with Crippen LogP contribution in [0, 0.1) is 0 Å². The standard InChI is InChI=1S/C17H44O4Si4.3CH4/c1-11-15-18-16-13-12-14-17-25(10,20-23(5,6)7)21-24(8,9)19-22(2,3)4;;;/h11-17H2,1-10H3;3*1H4. The lowest BCUT2D eigenvalue weighted by atomic mass is 10.3. The van der Waals surface area contributed by atoms with Crippen LogP contribution in [0.1, 0.15) is 54.9 Å². The van der Waals surface area contributed by atoms with Gasteiger partial charge in [-0.15, -0.1) is 0 Å². The largest absolute Gasteiger partial charge is 0.437 e. The van der Waals surface area contributed by atoms with Crippen LogP contribution in [0.2, 0.25) is 65.0 Å². The van der Waals surface area contributed by atoms with Crippen molar-refractivity contribution >= 4 is 33.8 Å². The fraction of sp³-hybridized carbons (Fsp3) is 1.00. The molecule has 0 saturated heterocycles. The summed E-state index contributed by atoms with van der Waals surface area (Å²) in [6, 6.07) is 1.05. The summed E-state index contributed by atoms with van der Waals surface area (Å²) in [7, 11) is -7.64. The third kappa shape index (κ3) is 21.4. The number of rotatable bonds is 14. The molecular weight excluding hydrogens is 417 g/mol. The summed E-state index contributed by atoms with van der Waals surface area (Å²) in [5.41, 5.74) is 0. The summed E-state index contributed by atoms with van der Waals surface area (Å²) < 4.78 is 25.3. The summed E-state index contributed by atoms with van der Waals surface area (Å²) in [6.07, 6.45) is 4.56. The van der Waals surface area contributed by atoms with Gasteiger partial charge in [0.15, 0.2) is 16.6 Å². The molecule has 0 bridgehead atoms. The summed E-state index contributed by atoms with van der Waals surface area (Å²) >= 11 is 0. The molecule has 0 spiro atoms. The molecular formula is C20H56O4Si4. The zero-order chi connectivity index (χ0) is 19.8. The van der Waals surface area contributed by atoms with E-state index in [1.807, 2.05) is 0 Å². The molecule has 0 N–H and O–H groups in total. The van der Waals surface area contributed by atoms with Gasteiger partial charge >= 0.3 is 17.1 Å². The molecule has 28 heavy (non-hydrogen) atoms. The Morgan fingerprint density at radius 2 is 1.07 bits per heavy atom. The molecule has 0 saturated carbocycles. The van der Waals surface area contributed by atoms with Gasteiger partial charge in [0, 0.05) is 13.2 Å². The molecule has 1 unspecified atom stereocenters. The van der Waals surface area contributed by atoms with E-state index in [-0.39, 0.29) is 22.3 Å². The third-order valence-corrected chi connectivity index (χ3v) is 16.9. The molecule has 0 fully saturated rings. The van der Waals surface area contributed by atoms with E-state index in [9.17, 15) is 0 Å². The molecule has 8 heteroatoms. The molecule has 4 nitrogen and oxygen atoms in total. The van der Waals surface area contributed by atoms with Gasteiger partial charge in [0.1, 0.15) is 0 Å². The monoisotopic (exact) mass is 472 g/mol. The molecule has 0 radical (unpaired) electrons. The van der Waals surface area contributed by atoms with Crippen molar-refractivity contribution in [3.8, 4) is 0 Å². The average Bonchev–Trinajstić information content (AvgIpc) is 2.31. The maximum atomic E-state index is 6.69. The van der Waals surface area contributed by atoms with Crippen molar-refractivity contribution in [3.63, 3.8) is 0 Å². The Morgan fingerprint density at radius 3 is 1.50 bits per heavy atom. The van der Waals surface area contributed by atoms with Crippen LogP contribution in [-0.4, -0.2) is 47.0 Å². The minimum absolute atomic E-state index is 0. The molecule has 0 aromatic carbocycles. The minimum atomic E-state index is -2.22. The first kappa shape index (κ1) is 36.1. The van der Waals surface area contributed by atoms with Gasteiger partial charge in [0.25, 0.3) is 0 Å². The van der Waals surface area contributed by atoms with E-state index in [4.69, 9.17) is 17.1 Å². The highest BCUT2D eigenvalue weighted by atomic mass is 28.5. The van der Waals surface area contributed by atoms with Crippen LogP contribution in [-0.2, 0) is 17.1 Å². The molecule has 0 aromatic rings. The van der Waals surface area contributed by atoms with E-state index in [0.717, 1.165) is 38.5 Å². The van der Waals surface area contributed by atoms with Crippen LogP contribution in [0.25, 0.3) is 0 Å². The van der Waals surface area contributed by atoms with E-state index in [1.54, 1.807) is 0 Å². The number of hydrogen-bond donors (Lipinski definition) is 0. The second kappa shape index (κ2) is 15.5. The van der Waals surface area contributed by atoms with E-state index in [2.05, 4.69) is 65.8 Å². The van der Waals surface area contributed by atoms with Crippen molar-refractivity contribution in [2.45, 2.75) is 120 Å². The van der Waals surface area contributed by atoms with Crippen molar-refractivity contribution in [2.24, 2.45) is 0 Å². The van der Waals surface area contributed by atoms with E-state index in [0.29, 0.717) is 0 Å². The van der Waals surface area contributed by atoms with Crippen LogP contribution >= 0.6 is 0 Å². The zero-order valence-electron chi connectivity index (χ0n) is 18.6. The fourth-order valence-corrected chi connectivity index (χ4v) is 21.2. The maximum absolute atomic E-state index is 6.69. The lowest BCUT2D eigenvalue weighted by molar-refractivity contribution is 0.130. The second-order valence-corrected chi connectivity index (χ2v) is 26.0.